The van der Waals surface area contributed by atoms with Crippen molar-refractivity contribution in [3.8, 4) is 0 Å². The fourth-order valence-electron chi connectivity index (χ4n) is 2.43. The monoisotopic (exact) mass is 253 g/mol. The van der Waals surface area contributed by atoms with Crippen LogP contribution >= 0.6 is 11.6 Å². The Labute approximate surface area is 108 Å². The summed E-state index contributed by atoms with van der Waals surface area (Å²) in [6.07, 6.45) is 2.48. The standard InChI is InChI=1S/C13H20ClN3/c1-16(2)10-11-6-8-17(9-7-11)13-5-3-4-12(14)15-13/h3-5,11H,6-10H2,1-2H3. The van der Waals surface area contributed by atoms with Crippen LogP contribution in [0.2, 0.25) is 5.15 Å². The molecule has 3 nitrogen and oxygen atoms in total. The van der Waals surface area contributed by atoms with Gasteiger partial charge in [-0.05, 0) is 45.0 Å². The number of piperidine rings is 1. The molecular formula is C13H20ClN3. The molecule has 0 N–H and O–H groups in total. The van der Waals surface area contributed by atoms with Gasteiger partial charge in [0, 0.05) is 19.6 Å². The Hall–Kier alpha value is -0.800. The van der Waals surface area contributed by atoms with Gasteiger partial charge in [-0.2, -0.15) is 0 Å². The highest BCUT2D eigenvalue weighted by molar-refractivity contribution is 6.29. The Morgan fingerprint density at radius 1 is 1.35 bits per heavy atom. The van der Waals surface area contributed by atoms with Crippen LogP contribution in [0.5, 0.6) is 0 Å². The van der Waals surface area contributed by atoms with Crippen LogP contribution in [0.25, 0.3) is 0 Å². The summed E-state index contributed by atoms with van der Waals surface area (Å²) in [7, 11) is 4.29. The normalized spacial score (nSPS) is 17.8. The summed E-state index contributed by atoms with van der Waals surface area (Å²) in [6.45, 7) is 3.37. The molecule has 2 heterocycles. The van der Waals surface area contributed by atoms with Crippen molar-refractivity contribution in [2.24, 2.45) is 5.92 Å². The predicted octanol–water partition coefficient (Wildman–Crippen LogP) is 2.51. The van der Waals surface area contributed by atoms with Crippen LogP contribution in [0.1, 0.15) is 12.8 Å². The van der Waals surface area contributed by atoms with Gasteiger partial charge in [-0.3, -0.25) is 0 Å². The third kappa shape index (κ3) is 3.58. The van der Waals surface area contributed by atoms with Crippen LogP contribution in [0, 0.1) is 5.92 Å². The maximum absolute atomic E-state index is 5.92. The zero-order valence-electron chi connectivity index (χ0n) is 10.6. The lowest BCUT2D eigenvalue weighted by atomic mass is 9.96. The second-order valence-electron chi connectivity index (χ2n) is 5.01. The number of hydrogen-bond donors (Lipinski definition) is 0. The second-order valence-corrected chi connectivity index (χ2v) is 5.40. The molecule has 0 unspecified atom stereocenters. The third-order valence-electron chi connectivity index (χ3n) is 3.26. The highest BCUT2D eigenvalue weighted by Gasteiger charge is 2.20. The van der Waals surface area contributed by atoms with Gasteiger partial charge in [-0.1, -0.05) is 17.7 Å². The van der Waals surface area contributed by atoms with Gasteiger partial charge >= 0.3 is 0 Å². The molecule has 1 fully saturated rings. The van der Waals surface area contributed by atoms with Gasteiger partial charge in [0.25, 0.3) is 0 Å². The van der Waals surface area contributed by atoms with Crippen molar-refractivity contribution in [2.45, 2.75) is 12.8 Å². The molecule has 0 atom stereocenters. The Kier molecular flexibility index (Phi) is 4.24. The first-order valence-corrected chi connectivity index (χ1v) is 6.55. The molecule has 0 radical (unpaired) electrons. The molecule has 1 aromatic heterocycles. The molecule has 1 aromatic rings. The average molecular weight is 254 g/mol. The lowest BCUT2D eigenvalue weighted by Gasteiger charge is -2.33. The van der Waals surface area contributed by atoms with E-state index in [1.165, 1.54) is 19.4 Å². The largest absolute Gasteiger partial charge is 0.357 e. The van der Waals surface area contributed by atoms with Crippen molar-refractivity contribution in [1.29, 1.82) is 0 Å². The van der Waals surface area contributed by atoms with Crippen molar-refractivity contribution >= 4 is 17.4 Å². The van der Waals surface area contributed by atoms with E-state index < -0.39 is 0 Å². The highest BCUT2D eigenvalue weighted by atomic mass is 35.5. The summed E-state index contributed by atoms with van der Waals surface area (Å²) in [5.74, 6) is 1.83. The van der Waals surface area contributed by atoms with E-state index in [1.54, 1.807) is 0 Å². The van der Waals surface area contributed by atoms with Crippen LogP contribution in [-0.4, -0.2) is 43.6 Å². The van der Waals surface area contributed by atoms with Crippen LogP contribution in [0.3, 0.4) is 0 Å². The molecule has 1 aliphatic rings. The van der Waals surface area contributed by atoms with E-state index >= 15 is 0 Å². The van der Waals surface area contributed by atoms with Crippen molar-refractivity contribution in [2.75, 3.05) is 38.6 Å². The summed E-state index contributed by atoms with van der Waals surface area (Å²) in [5, 5.41) is 0.581. The average Bonchev–Trinajstić information content (AvgIpc) is 2.29. The van der Waals surface area contributed by atoms with Crippen LogP contribution < -0.4 is 4.90 Å². The molecule has 17 heavy (non-hydrogen) atoms. The fourth-order valence-corrected chi connectivity index (χ4v) is 2.59. The quantitative estimate of drug-likeness (QED) is 0.772. The number of pyridine rings is 1. The van der Waals surface area contributed by atoms with Gasteiger partial charge in [-0.25, -0.2) is 4.98 Å². The Bertz CT molecular complexity index is 359. The first kappa shape index (κ1) is 12.7. The molecule has 2 rings (SSSR count). The summed E-state index contributed by atoms with van der Waals surface area (Å²) < 4.78 is 0. The van der Waals surface area contributed by atoms with Crippen LogP contribution in [0.4, 0.5) is 5.82 Å². The minimum absolute atomic E-state index is 0.581. The molecule has 1 aliphatic heterocycles. The Morgan fingerprint density at radius 2 is 2.06 bits per heavy atom. The lowest BCUT2D eigenvalue weighted by molar-refractivity contribution is 0.284. The number of hydrogen-bond acceptors (Lipinski definition) is 3. The predicted molar refractivity (Wildman–Crippen MR) is 72.7 cm³/mol. The number of nitrogens with zero attached hydrogens (tertiary/aromatic N) is 3. The van der Waals surface area contributed by atoms with Crippen molar-refractivity contribution in [1.82, 2.24) is 9.88 Å². The Balaban J connectivity index is 1.91. The van der Waals surface area contributed by atoms with Crippen LogP contribution in [0.15, 0.2) is 18.2 Å². The van der Waals surface area contributed by atoms with E-state index in [0.29, 0.717) is 5.15 Å². The SMILES string of the molecule is CN(C)CC1CCN(c2cccc(Cl)n2)CC1. The first-order valence-electron chi connectivity index (χ1n) is 6.17. The molecule has 0 bridgehead atoms. The Morgan fingerprint density at radius 3 is 2.65 bits per heavy atom. The smallest absolute Gasteiger partial charge is 0.131 e. The van der Waals surface area contributed by atoms with E-state index in [4.69, 9.17) is 11.6 Å². The number of aromatic nitrogens is 1. The number of anilines is 1. The third-order valence-corrected chi connectivity index (χ3v) is 3.47. The van der Waals surface area contributed by atoms with Gasteiger partial charge in [0.2, 0.25) is 0 Å². The molecule has 4 heteroatoms. The molecule has 0 saturated carbocycles. The maximum atomic E-state index is 5.92. The fraction of sp³-hybridized carbons (Fsp3) is 0.615. The molecule has 0 amide bonds. The van der Waals surface area contributed by atoms with Gasteiger partial charge in [-0.15, -0.1) is 0 Å². The van der Waals surface area contributed by atoms with Gasteiger partial charge in [0.1, 0.15) is 11.0 Å². The van der Waals surface area contributed by atoms with E-state index in [2.05, 4.69) is 28.9 Å². The second kappa shape index (κ2) is 5.69. The van der Waals surface area contributed by atoms with E-state index in [-0.39, 0.29) is 0 Å². The topological polar surface area (TPSA) is 19.4 Å². The van der Waals surface area contributed by atoms with Gasteiger partial charge in [0.15, 0.2) is 0 Å². The molecule has 0 spiro atoms. The van der Waals surface area contributed by atoms with E-state index in [1.807, 2.05) is 18.2 Å². The lowest BCUT2D eigenvalue weighted by Crippen LogP contribution is -2.37. The summed E-state index contributed by atoms with van der Waals surface area (Å²) in [5.41, 5.74) is 0. The maximum Gasteiger partial charge on any atom is 0.131 e. The summed E-state index contributed by atoms with van der Waals surface area (Å²) in [4.78, 5) is 8.97. The molecular weight excluding hydrogens is 234 g/mol. The van der Waals surface area contributed by atoms with Gasteiger partial charge in [0.05, 0.1) is 0 Å². The highest BCUT2D eigenvalue weighted by Crippen LogP contribution is 2.23. The zero-order valence-corrected chi connectivity index (χ0v) is 11.3. The van der Waals surface area contributed by atoms with Crippen molar-refractivity contribution in [3.63, 3.8) is 0 Å². The molecule has 1 saturated heterocycles. The minimum atomic E-state index is 0.581. The first-order chi connectivity index (χ1) is 8.15. The van der Waals surface area contributed by atoms with Gasteiger partial charge < -0.3 is 9.80 Å². The van der Waals surface area contributed by atoms with Crippen molar-refractivity contribution < 1.29 is 0 Å². The molecule has 0 aromatic carbocycles. The molecule has 94 valence electrons. The van der Waals surface area contributed by atoms with E-state index in [0.717, 1.165) is 24.8 Å². The van der Waals surface area contributed by atoms with Crippen LogP contribution in [-0.2, 0) is 0 Å². The summed E-state index contributed by atoms with van der Waals surface area (Å²) >= 11 is 5.92. The van der Waals surface area contributed by atoms with Crippen molar-refractivity contribution in [3.05, 3.63) is 23.4 Å². The molecule has 0 aliphatic carbocycles. The summed E-state index contributed by atoms with van der Waals surface area (Å²) in [6, 6.07) is 5.83. The zero-order chi connectivity index (χ0) is 12.3. The number of rotatable bonds is 3. The number of halogens is 1. The van der Waals surface area contributed by atoms with E-state index in [9.17, 15) is 0 Å². The minimum Gasteiger partial charge on any atom is -0.357 e.